The smallest absolute Gasteiger partial charge is 0.0407 e. The van der Waals surface area contributed by atoms with Crippen molar-refractivity contribution in [2.75, 3.05) is 18.0 Å². The monoisotopic (exact) mass is 255 g/mol. The molecule has 0 N–H and O–H groups in total. The number of hydrogen-bond donors (Lipinski definition) is 0. The van der Waals surface area contributed by atoms with Gasteiger partial charge in [-0.25, -0.2) is 0 Å². The molecule has 0 aliphatic carbocycles. The molecular weight excluding hydrogens is 238 g/mol. The minimum absolute atomic E-state index is 0.931. The Morgan fingerprint density at radius 2 is 1.86 bits per heavy atom. The summed E-state index contributed by atoms with van der Waals surface area (Å²) in [6.07, 6.45) is 0. The van der Waals surface area contributed by atoms with Gasteiger partial charge < -0.3 is 4.90 Å². The molecule has 1 rings (SSSR count). The molecule has 1 aromatic carbocycles. The molecule has 14 heavy (non-hydrogen) atoms. The number of hydrogen-bond acceptors (Lipinski definition) is 1. The standard InChI is InChI=1S/C12H18BrN/c1-4-14(5-2)12-7-6-10(3)8-11(12)9-13/h6-8H,4-5,9H2,1-3H3. The van der Waals surface area contributed by atoms with Gasteiger partial charge in [-0.15, -0.1) is 0 Å². The van der Waals surface area contributed by atoms with Gasteiger partial charge in [0.15, 0.2) is 0 Å². The van der Waals surface area contributed by atoms with Gasteiger partial charge in [0.25, 0.3) is 0 Å². The Morgan fingerprint density at radius 1 is 1.21 bits per heavy atom. The molecule has 0 unspecified atom stereocenters. The van der Waals surface area contributed by atoms with Crippen LogP contribution in [0.2, 0.25) is 0 Å². The molecule has 0 radical (unpaired) electrons. The van der Waals surface area contributed by atoms with Gasteiger partial charge in [0.2, 0.25) is 0 Å². The van der Waals surface area contributed by atoms with Crippen molar-refractivity contribution in [3.05, 3.63) is 29.3 Å². The van der Waals surface area contributed by atoms with Gasteiger partial charge in [0.05, 0.1) is 0 Å². The van der Waals surface area contributed by atoms with Crippen molar-refractivity contribution in [1.82, 2.24) is 0 Å². The fourth-order valence-corrected chi connectivity index (χ4v) is 2.14. The van der Waals surface area contributed by atoms with Gasteiger partial charge in [-0.2, -0.15) is 0 Å². The molecule has 0 atom stereocenters. The zero-order chi connectivity index (χ0) is 10.6. The Bertz CT molecular complexity index is 292. The van der Waals surface area contributed by atoms with E-state index in [0.29, 0.717) is 0 Å². The Balaban J connectivity index is 3.06. The summed E-state index contributed by atoms with van der Waals surface area (Å²) in [6.45, 7) is 8.67. The Kier molecular flexibility index (Phi) is 4.46. The molecule has 0 aromatic heterocycles. The van der Waals surface area contributed by atoms with Crippen LogP contribution in [0.25, 0.3) is 0 Å². The zero-order valence-corrected chi connectivity index (χ0v) is 10.8. The fraction of sp³-hybridized carbons (Fsp3) is 0.500. The van der Waals surface area contributed by atoms with E-state index in [1.165, 1.54) is 16.8 Å². The number of nitrogens with zero attached hydrogens (tertiary/aromatic N) is 1. The predicted octanol–water partition coefficient (Wildman–Crippen LogP) is 3.74. The molecule has 0 aliphatic rings. The van der Waals surface area contributed by atoms with Crippen LogP contribution in [0.15, 0.2) is 18.2 Å². The third-order valence-electron chi connectivity index (χ3n) is 2.48. The second kappa shape index (κ2) is 5.40. The second-order valence-electron chi connectivity index (χ2n) is 3.44. The lowest BCUT2D eigenvalue weighted by atomic mass is 10.1. The fourth-order valence-electron chi connectivity index (χ4n) is 1.69. The minimum Gasteiger partial charge on any atom is -0.372 e. The highest BCUT2D eigenvalue weighted by molar-refractivity contribution is 9.08. The highest BCUT2D eigenvalue weighted by atomic mass is 79.9. The first-order chi connectivity index (χ1) is 6.72. The van der Waals surface area contributed by atoms with Gasteiger partial charge in [-0.1, -0.05) is 33.6 Å². The topological polar surface area (TPSA) is 3.24 Å². The van der Waals surface area contributed by atoms with Crippen LogP contribution in [-0.4, -0.2) is 13.1 Å². The molecule has 0 saturated carbocycles. The van der Waals surface area contributed by atoms with E-state index in [1.807, 2.05) is 0 Å². The van der Waals surface area contributed by atoms with Gasteiger partial charge in [0.1, 0.15) is 0 Å². The van der Waals surface area contributed by atoms with Crippen molar-refractivity contribution in [1.29, 1.82) is 0 Å². The molecule has 0 aliphatic heterocycles. The van der Waals surface area contributed by atoms with Crippen LogP contribution in [0.1, 0.15) is 25.0 Å². The van der Waals surface area contributed by atoms with Crippen LogP contribution >= 0.6 is 15.9 Å². The minimum atomic E-state index is 0.931. The maximum absolute atomic E-state index is 3.54. The zero-order valence-electron chi connectivity index (χ0n) is 9.18. The molecule has 1 nitrogen and oxygen atoms in total. The first-order valence-corrected chi connectivity index (χ1v) is 6.25. The molecule has 2 heteroatoms. The average Bonchev–Trinajstić information content (AvgIpc) is 2.21. The lowest BCUT2D eigenvalue weighted by molar-refractivity contribution is 0.861. The maximum atomic E-state index is 3.54. The molecule has 1 aromatic rings. The van der Waals surface area contributed by atoms with E-state index in [2.05, 4.69) is 59.8 Å². The number of benzene rings is 1. The van der Waals surface area contributed by atoms with Gasteiger partial charge in [0, 0.05) is 24.1 Å². The van der Waals surface area contributed by atoms with Crippen molar-refractivity contribution in [3.8, 4) is 0 Å². The molecule has 0 amide bonds. The van der Waals surface area contributed by atoms with E-state index >= 15 is 0 Å². The molecule has 0 fully saturated rings. The summed E-state index contributed by atoms with van der Waals surface area (Å²) in [6, 6.07) is 6.65. The first kappa shape index (κ1) is 11.6. The van der Waals surface area contributed by atoms with Crippen molar-refractivity contribution < 1.29 is 0 Å². The van der Waals surface area contributed by atoms with Gasteiger partial charge >= 0.3 is 0 Å². The van der Waals surface area contributed by atoms with Crippen molar-refractivity contribution in [2.45, 2.75) is 26.1 Å². The van der Waals surface area contributed by atoms with Gasteiger partial charge in [-0.3, -0.25) is 0 Å². The summed E-state index contributed by atoms with van der Waals surface area (Å²) >= 11 is 3.54. The maximum Gasteiger partial charge on any atom is 0.0407 e. The third-order valence-corrected chi connectivity index (χ3v) is 3.09. The normalized spacial score (nSPS) is 10.3. The predicted molar refractivity (Wildman–Crippen MR) is 67.4 cm³/mol. The summed E-state index contributed by atoms with van der Waals surface area (Å²) in [5, 5.41) is 0.931. The van der Waals surface area contributed by atoms with Crippen molar-refractivity contribution in [2.24, 2.45) is 0 Å². The van der Waals surface area contributed by atoms with Crippen molar-refractivity contribution >= 4 is 21.6 Å². The van der Waals surface area contributed by atoms with Crippen LogP contribution in [0.4, 0.5) is 5.69 Å². The molecular formula is C12H18BrN. The lowest BCUT2D eigenvalue weighted by Gasteiger charge is -2.23. The Labute approximate surface area is 95.2 Å². The molecule has 78 valence electrons. The number of halogens is 1. The highest BCUT2D eigenvalue weighted by Gasteiger charge is 2.06. The van der Waals surface area contributed by atoms with E-state index in [4.69, 9.17) is 0 Å². The SMILES string of the molecule is CCN(CC)c1ccc(C)cc1CBr. The van der Waals surface area contributed by atoms with Crippen molar-refractivity contribution in [3.63, 3.8) is 0 Å². The van der Waals surface area contributed by atoms with E-state index in [-0.39, 0.29) is 0 Å². The summed E-state index contributed by atoms with van der Waals surface area (Å²) < 4.78 is 0. The molecule has 0 saturated heterocycles. The van der Waals surface area contributed by atoms with Crippen LogP contribution in [0.5, 0.6) is 0 Å². The highest BCUT2D eigenvalue weighted by Crippen LogP contribution is 2.23. The van der Waals surface area contributed by atoms with Crippen LogP contribution in [0.3, 0.4) is 0 Å². The van der Waals surface area contributed by atoms with E-state index in [9.17, 15) is 0 Å². The number of aryl methyl sites for hydroxylation is 1. The van der Waals surface area contributed by atoms with E-state index in [1.54, 1.807) is 0 Å². The molecule has 0 bridgehead atoms. The quantitative estimate of drug-likeness (QED) is 0.742. The second-order valence-corrected chi connectivity index (χ2v) is 4.00. The van der Waals surface area contributed by atoms with Crippen LogP contribution in [-0.2, 0) is 5.33 Å². The number of anilines is 1. The van der Waals surface area contributed by atoms with E-state index < -0.39 is 0 Å². The van der Waals surface area contributed by atoms with E-state index in [0.717, 1.165) is 18.4 Å². The average molecular weight is 256 g/mol. The Morgan fingerprint density at radius 3 is 2.36 bits per heavy atom. The lowest BCUT2D eigenvalue weighted by Crippen LogP contribution is -2.22. The Hall–Kier alpha value is -0.500. The largest absolute Gasteiger partial charge is 0.372 e. The van der Waals surface area contributed by atoms with Crippen LogP contribution < -0.4 is 4.90 Å². The molecule has 0 heterocycles. The summed E-state index contributed by atoms with van der Waals surface area (Å²) in [5.41, 5.74) is 4.07. The summed E-state index contributed by atoms with van der Waals surface area (Å²) in [7, 11) is 0. The van der Waals surface area contributed by atoms with Crippen LogP contribution in [0, 0.1) is 6.92 Å². The third kappa shape index (κ3) is 2.50. The number of alkyl halides is 1. The first-order valence-electron chi connectivity index (χ1n) is 5.13. The summed E-state index contributed by atoms with van der Waals surface area (Å²) in [5.74, 6) is 0. The number of rotatable bonds is 4. The molecule has 0 spiro atoms. The summed E-state index contributed by atoms with van der Waals surface area (Å²) in [4.78, 5) is 2.38. The van der Waals surface area contributed by atoms with Gasteiger partial charge in [-0.05, 0) is 32.4 Å².